The number of rotatable bonds is 3. The van der Waals surface area contributed by atoms with E-state index in [4.69, 9.17) is 5.73 Å². The lowest BCUT2D eigenvalue weighted by atomic mass is 9.95. The van der Waals surface area contributed by atoms with E-state index in [9.17, 15) is 4.79 Å². The second-order valence-corrected chi connectivity index (χ2v) is 5.37. The van der Waals surface area contributed by atoms with Crippen LogP contribution < -0.4 is 11.1 Å². The Hall–Kier alpha value is -2.30. The Morgan fingerprint density at radius 1 is 1.35 bits per heavy atom. The molecule has 0 unspecified atom stereocenters. The fraction of sp³-hybridized carbons (Fsp3) is 0.333. The van der Waals surface area contributed by atoms with E-state index >= 15 is 0 Å². The molecule has 1 aromatic carbocycles. The smallest absolute Gasteiger partial charge is 0.236 e. The van der Waals surface area contributed by atoms with Gasteiger partial charge in [0, 0.05) is 7.05 Å². The van der Waals surface area contributed by atoms with Crippen LogP contribution in [0.2, 0.25) is 0 Å². The molecule has 1 aromatic heterocycles. The summed E-state index contributed by atoms with van der Waals surface area (Å²) in [4.78, 5) is 12.6. The van der Waals surface area contributed by atoms with Gasteiger partial charge < -0.3 is 11.1 Å². The standard InChI is InChI=1S/C15H18N4O/c1-10-12(16)13(19(2)18-10)17-14(20)15(8-9-15)11-6-4-3-5-7-11/h3-7H,8-9,16H2,1-2H3,(H,17,20). The maximum absolute atomic E-state index is 12.6. The lowest BCUT2D eigenvalue weighted by Gasteiger charge is -2.16. The van der Waals surface area contributed by atoms with Gasteiger partial charge in [0.15, 0.2) is 5.82 Å². The largest absolute Gasteiger partial charge is 0.394 e. The summed E-state index contributed by atoms with van der Waals surface area (Å²) in [6.07, 6.45) is 1.75. The molecule has 0 spiro atoms. The minimum Gasteiger partial charge on any atom is -0.394 e. The molecule has 1 amide bonds. The molecule has 5 nitrogen and oxygen atoms in total. The minimum absolute atomic E-state index is 0.00148. The van der Waals surface area contributed by atoms with E-state index in [0.717, 1.165) is 24.1 Å². The van der Waals surface area contributed by atoms with E-state index in [1.54, 1.807) is 11.7 Å². The quantitative estimate of drug-likeness (QED) is 0.895. The van der Waals surface area contributed by atoms with Gasteiger partial charge in [0.25, 0.3) is 0 Å². The van der Waals surface area contributed by atoms with Crippen molar-refractivity contribution in [3.05, 3.63) is 41.6 Å². The van der Waals surface area contributed by atoms with Crippen molar-refractivity contribution in [2.45, 2.75) is 25.2 Å². The average molecular weight is 270 g/mol. The van der Waals surface area contributed by atoms with Gasteiger partial charge in [-0.05, 0) is 25.3 Å². The van der Waals surface area contributed by atoms with Crippen molar-refractivity contribution < 1.29 is 4.79 Å². The number of nitrogens with two attached hydrogens (primary N) is 1. The summed E-state index contributed by atoms with van der Waals surface area (Å²) in [6, 6.07) is 9.89. The number of hydrogen-bond donors (Lipinski definition) is 2. The van der Waals surface area contributed by atoms with Gasteiger partial charge in [0.05, 0.1) is 16.8 Å². The predicted molar refractivity (Wildman–Crippen MR) is 78.3 cm³/mol. The molecule has 0 radical (unpaired) electrons. The molecular weight excluding hydrogens is 252 g/mol. The van der Waals surface area contributed by atoms with Crippen molar-refractivity contribution in [1.29, 1.82) is 0 Å². The van der Waals surface area contributed by atoms with E-state index in [0.29, 0.717) is 11.5 Å². The highest BCUT2D eigenvalue weighted by atomic mass is 16.2. The normalized spacial score (nSPS) is 15.9. The van der Waals surface area contributed by atoms with Crippen LogP contribution in [-0.4, -0.2) is 15.7 Å². The van der Waals surface area contributed by atoms with Gasteiger partial charge >= 0.3 is 0 Å². The van der Waals surface area contributed by atoms with Crippen molar-refractivity contribution in [2.75, 3.05) is 11.1 Å². The summed E-state index contributed by atoms with van der Waals surface area (Å²) in [5.41, 5.74) is 7.89. The Morgan fingerprint density at radius 2 is 2.00 bits per heavy atom. The molecular formula is C15H18N4O. The van der Waals surface area contributed by atoms with E-state index in [1.807, 2.05) is 37.3 Å². The van der Waals surface area contributed by atoms with Crippen molar-refractivity contribution in [1.82, 2.24) is 9.78 Å². The number of carbonyl (C=O) groups excluding carboxylic acids is 1. The Kier molecular flexibility index (Phi) is 2.78. The zero-order valence-corrected chi connectivity index (χ0v) is 11.7. The number of nitrogen functional groups attached to an aromatic ring is 1. The van der Waals surface area contributed by atoms with Crippen LogP contribution >= 0.6 is 0 Å². The highest BCUT2D eigenvalue weighted by molar-refractivity contribution is 6.02. The van der Waals surface area contributed by atoms with Crippen molar-refractivity contribution in [3.8, 4) is 0 Å². The lowest BCUT2D eigenvalue weighted by Crippen LogP contribution is -2.29. The molecule has 1 heterocycles. The summed E-state index contributed by atoms with van der Waals surface area (Å²) in [6.45, 7) is 1.83. The van der Waals surface area contributed by atoms with Gasteiger partial charge in [-0.15, -0.1) is 0 Å². The third-order valence-corrected chi connectivity index (χ3v) is 4.01. The molecule has 3 N–H and O–H groups in total. The first kappa shape index (κ1) is 12.7. The molecule has 1 aliphatic rings. The van der Waals surface area contributed by atoms with Crippen LogP contribution in [-0.2, 0) is 17.3 Å². The number of hydrogen-bond acceptors (Lipinski definition) is 3. The maximum Gasteiger partial charge on any atom is 0.236 e. The monoisotopic (exact) mass is 270 g/mol. The zero-order valence-electron chi connectivity index (χ0n) is 11.7. The number of carbonyl (C=O) groups is 1. The van der Waals surface area contributed by atoms with Crippen LogP contribution in [0, 0.1) is 6.92 Å². The third-order valence-electron chi connectivity index (χ3n) is 4.01. The molecule has 20 heavy (non-hydrogen) atoms. The predicted octanol–water partition coefficient (Wildman–Crippen LogP) is 1.98. The summed E-state index contributed by atoms with van der Waals surface area (Å²) < 4.78 is 1.61. The number of aromatic nitrogens is 2. The molecule has 0 saturated heterocycles. The molecule has 104 valence electrons. The van der Waals surface area contributed by atoms with Gasteiger partial charge in [-0.2, -0.15) is 5.10 Å². The van der Waals surface area contributed by atoms with Crippen LogP contribution in [0.3, 0.4) is 0 Å². The fourth-order valence-electron chi connectivity index (χ4n) is 2.58. The number of anilines is 2. The fourth-order valence-corrected chi connectivity index (χ4v) is 2.58. The van der Waals surface area contributed by atoms with Crippen LogP contribution in [0.25, 0.3) is 0 Å². The molecule has 0 atom stereocenters. The zero-order chi connectivity index (χ0) is 14.3. The second-order valence-electron chi connectivity index (χ2n) is 5.37. The van der Waals surface area contributed by atoms with Gasteiger partial charge in [-0.3, -0.25) is 9.48 Å². The molecule has 5 heteroatoms. The van der Waals surface area contributed by atoms with E-state index in [-0.39, 0.29) is 5.91 Å². The van der Waals surface area contributed by atoms with Gasteiger partial charge in [0.1, 0.15) is 0 Å². The Morgan fingerprint density at radius 3 is 2.50 bits per heavy atom. The first-order valence-electron chi connectivity index (χ1n) is 6.71. The van der Waals surface area contributed by atoms with E-state index in [2.05, 4.69) is 10.4 Å². The minimum atomic E-state index is -0.397. The number of nitrogens with one attached hydrogen (secondary N) is 1. The van der Waals surface area contributed by atoms with Crippen LogP contribution in [0.1, 0.15) is 24.1 Å². The Balaban J connectivity index is 1.87. The number of aryl methyl sites for hydroxylation is 2. The highest BCUT2D eigenvalue weighted by Gasteiger charge is 2.51. The van der Waals surface area contributed by atoms with Crippen molar-refractivity contribution in [3.63, 3.8) is 0 Å². The summed E-state index contributed by atoms with van der Waals surface area (Å²) in [5, 5.41) is 7.15. The SMILES string of the molecule is Cc1nn(C)c(NC(=O)C2(c3ccccc3)CC2)c1N. The molecule has 0 aliphatic heterocycles. The molecule has 1 fully saturated rings. The first-order valence-corrected chi connectivity index (χ1v) is 6.71. The molecule has 2 aromatic rings. The third kappa shape index (κ3) is 1.86. The van der Waals surface area contributed by atoms with E-state index in [1.165, 1.54) is 0 Å². The number of amides is 1. The molecule has 1 aliphatic carbocycles. The summed E-state index contributed by atoms with van der Waals surface area (Å²) in [5.74, 6) is 0.577. The molecule has 3 rings (SSSR count). The van der Waals surface area contributed by atoms with Crippen LogP contribution in [0.15, 0.2) is 30.3 Å². The van der Waals surface area contributed by atoms with Gasteiger partial charge in [0.2, 0.25) is 5.91 Å². The van der Waals surface area contributed by atoms with Crippen LogP contribution in [0.4, 0.5) is 11.5 Å². The number of nitrogens with zero attached hydrogens (tertiary/aromatic N) is 2. The maximum atomic E-state index is 12.6. The van der Waals surface area contributed by atoms with Gasteiger partial charge in [-0.1, -0.05) is 30.3 Å². The Bertz CT molecular complexity index is 656. The Labute approximate surface area is 117 Å². The van der Waals surface area contributed by atoms with Crippen molar-refractivity contribution >= 4 is 17.4 Å². The second kappa shape index (κ2) is 4.37. The first-order chi connectivity index (χ1) is 9.54. The highest BCUT2D eigenvalue weighted by Crippen LogP contribution is 2.49. The summed E-state index contributed by atoms with van der Waals surface area (Å²) >= 11 is 0. The van der Waals surface area contributed by atoms with Crippen LogP contribution in [0.5, 0.6) is 0 Å². The van der Waals surface area contributed by atoms with E-state index < -0.39 is 5.41 Å². The lowest BCUT2D eigenvalue weighted by molar-refractivity contribution is -0.118. The topological polar surface area (TPSA) is 72.9 Å². The summed E-state index contributed by atoms with van der Waals surface area (Å²) in [7, 11) is 1.78. The average Bonchev–Trinajstić information content (AvgIpc) is 3.22. The molecule has 1 saturated carbocycles. The number of benzene rings is 1. The van der Waals surface area contributed by atoms with Gasteiger partial charge in [-0.25, -0.2) is 0 Å². The van der Waals surface area contributed by atoms with Crippen molar-refractivity contribution in [2.24, 2.45) is 7.05 Å². The molecule has 0 bridgehead atoms.